The van der Waals surface area contributed by atoms with Crippen LogP contribution in [0.3, 0.4) is 0 Å². The maximum absolute atomic E-state index is 13.9. The number of anilines is 1. The molecule has 2 aromatic carbocycles. The van der Waals surface area contributed by atoms with Crippen LogP contribution in [0, 0.1) is 18.6 Å². The van der Waals surface area contributed by atoms with Crippen LogP contribution in [0.2, 0.25) is 0 Å². The summed E-state index contributed by atoms with van der Waals surface area (Å²) in [6.07, 6.45) is 0. The summed E-state index contributed by atoms with van der Waals surface area (Å²) in [5.74, 6) is -1.48. The molecule has 0 spiro atoms. The van der Waals surface area contributed by atoms with Gasteiger partial charge in [0.2, 0.25) is 5.91 Å². The van der Waals surface area contributed by atoms with Gasteiger partial charge in [0.15, 0.2) is 0 Å². The first-order valence-electron chi connectivity index (χ1n) is 7.48. The van der Waals surface area contributed by atoms with E-state index in [1.165, 1.54) is 29.5 Å². The number of carbonyl (C=O) groups excluding carboxylic acids is 1. The number of hydrogen-bond donors (Lipinski definition) is 2. The molecule has 3 aromatic rings. The molecule has 128 valence electrons. The van der Waals surface area contributed by atoms with Gasteiger partial charge in [0.1, 0.15) is 16.6 Å². The number of aromatic nitrogens is 1. The van der Waals surface area contributed by atoms with E-state index in [9.17, 15) is 13.6 Å². The lowest BCUT2D eigenvalue weighted by Crippen LogP contribution is -2.13. The Morgan fingerprint density at radius 1 is 1.24 bits per heavy atom. The number of benzene rings is 2. The predicted molar refractivity (Wildman–Crippen MR) is 94.5 cm³/mol. The van der Waals surface area contributed by atoms with Crippen molar-refractivity contribution in [1.82, 2.24) is 4.98 Å². The van der Waals surface area contributed by atoms with Gasteiger partial charge in [-0.1, -0.05) is 0 Å². The van der Waals surface area contributed by atoms with Crippen LogP contribution in [-0.2, 0) is 6.54 Å². The average molecular weight is 359 g/mol. The summed E-state index contributed by atoms with van der Waals surface area (Å²) in [4.78, 5) is 15.7. The van der Waals surface area contributed by atoms with E-state index in [-0.39, 0.29) is 11.4 Å². The number of halogens is 2. The zero-order valence-electron chi connectivity index (χ0n) is 13.3. The minimum atomic E-state index is -0.686. The summed E-state index contributed by atoms with van der Waals surface area (Å²) in [5, 5.41) is 5.72. The summed E-state index contributed by atoms with van der Waals surface area (Å²) >= 11 is 1.44. The maximum atomic E-state index is 13.9. The normalized spacial score (nSPS) is 10.7. The lowest BCUT2D eigenvalue weighted by Gasteiger charge is -2.10. The molecule has 0 atom stereocenters. The largest absolute Gasteiger partial charge is 0.379 e. The number of hydrogen-bond acceptors (Lipinski definition) is 4. The van der Waals surface area contributed by atoms with Crippen LogP contribution in [0.5, 0.6) is 0 Å². The van der Waals surface area contributed by atoms with E-state index in [4.69, 9.17) is 5.73 Å². The van der Waals surface area contributed by atoms with Crippen LogP contribution in [0.15, 0.2) is 41.8 Å². The SMILES string of the molecule is Cc1c(F)cc(C(N)=O)cc1NCc1csc(-c2ccc(F)cc2)n1. The Bertz CT molecular complexity index is 923. The third-order valence-corrected chi connectivity index (χ3v) is 4.67. The van der Waals surface area contributed by atoms with Crippen molar-refractivity contribution in [3.05, 3.63) is 70.2 Å². The van der Waals surface area contributed by atoms with Crippen LogP contribution in [0.25, 0.3) is 10.6 Å². The molecule has 4 nitrogen and oxygen atoms in total. The predicted octanol–water partition coefficient (Wildman–Crippen LogP) is 4.11. The number of carbonyl (C=O) groups is 1. The number of thiazole rings is 1. The molecule has 1 amide bonds. The molecule has 0 bridgehead atoms. The molecule has 0 aliphatic heterocycles. The van der Waals surface area contributed by atoms with Crippen LogP contribution >= 0.6 is 11.3 Å². The van der Waals surface area contributed by atoms with E-state index in [1.54, 1.807) is 19.1 Å². The topological polar surface area (TPSA) is 68.0 Å². The first-order valence-corrected chi connectivity index (χ1v) is 8.36. The van der Waals surface area contributed by atoms with Crippen LogP contribution < -0.4 is 11.1 Å². The molecule has 0 aliphatic rings. The highest BCUT2D eigenvalue weighted by Gasteiger charge is 2.11. The third-order valence-electron chi connectivity index (χ3n) is 3.73. The van der Waals surface area contributed by atoms with Crippen molar-refractivity contribution >= 4 is 22.9 Å². The monoisotopic (exact) mass is 359 g/mol. The van der Waals surface area contributed by atoms with Crippen LogP contribution in [-0.4, -0.2) is 10.9 Å². The molecule has 0 radical (unpaired) electrons. The molecule has 7 heteroatoms. The standard InChI is InChI=1S/C18H15F2N3OS/c1-10-15(20)6-12(17(21)24)7-16(10)22-8-14-9-25-18(23-14)11-2-4-13(19)5-3-11/h2-7,9,22H,8H2,1H3,(H2,21,24). The van der Waals surface area contributed by atoms with E-state index in [0.717, 1.165) is 22.3 Å². The molecule has 3 rings (SSSR count). The van der Waals surface area contributed by atoms with E-state index < -0.39 is 11.7 Å². The van der Waals surface area contributed by atoms with E-state index >= 15 is 0 Å². The minimum absolute atomic E-state index is 0.107. The van der Waals surface area contributed by atoms with Gasteiger partial charge in [-0.15, -0.1) is 11.3 Å². The average Bonchev–Trinajstić information content (AvgIpc) is 3.05. The van der Waals surface area contributed by atoms with Crippen LogP contribution in [0.1, 0.15) is 21.6 Å². The Morgan fingerprint density at radius 2 is 1.96 bits per heavy atom. The molecule has 0 fully saturated rings. The lowest BCUT2D eigenvalue weighted by molar-refractivity contribution is 0.1000. The Morgan fingerprint density at radius 3 is 2.64 bits per heavy atom. The quantitative estimate of drug-likeness (QED) is 0.720. The van der Waals surface area contributed by atoms with Gasteiger partial charge < -0.3 is 11.1 Å². The first-order chi connectivity index (χ1) is 11.9. The fourth-order valence-electron chi connectivity index (χ4n) is 2.30. The molecule has 25 heavy (non-hydrogen) atoms. The first kappa shape index (κ1) is 17.0. The van der Waals surface area contributed by atoms with Crippen molar-refractivity contribution < 1.29 is 13.6 Å². The Hall–Kier alpha value is -2.80. The number of nitrogens with two attached hydrogens (primary N) is 1. The van der Waals surface area contributed by atoms with E-state index in [1.807, 2.05) is 5.38 Å². The van der Waals surface area contributed by atoms with Crippen molar-refractivity contribution in [1.29, 1.82) is 0 Å². The second-order valence-electron chi connectivity index (χ2n) is 5.50. The number of nitrogens with one attached hydrogen (secondary N) is 1. The van der Waals surface area contributed by atoms with E-state index in [0.29, 0.717) is 17.8 Å². The zero-order valence-corrected chi connectivity index (χ0v) is 14.2. The van der Waals surface area contributed by atoms with Gasteiger partial charge in [0.25, 0.3) is 0 Å². The van der Waals surface area contributed by atoms with Crippen molar-refractivity contribution in [2.24, 2.45) is 5.73 Å². The number of amides is 1. The summed E-state index contributed by atoms with van der Waals surface area (Å²) < 4.78 is 26.9. The highest BCUT2D eigenvalue weighted by atomic mass is 32.1. The molecular formula is C18H15F2N3OS. The van der Waals surface area contributed by atoms with Crippen molar-refractivity contribution in [3.8, 4) is 10.6 Å². The molecule has 3 N–H and O–H groups in total. The lowest BCUT2D eigenvalue weighted by atomic mass is 10.1. The molecular weight excluding hydrogens is 344 g/mol. The van der Waals surface area contributed by atoms with E-state index in [2.05, 4.69) is 10.3 Å². The number of nitrogens with zero attached hydrogens (tertiary/aromatic N) is 1. The second-order valence-corrected chi connectivity index (χ2v) is 6.36. The number of primary amides is 1. The van der Waals surface area contributed by atoms with Gasteiger partial charge >= 0.3 is 0 Å². The van der Waals surface area contributed by atoms with Gasteiger partial charge in [-0.2, -0.15) is 0 Å². The Balaban J connectivity index is 1.76. The molecule has 0 saturated carbocycles. The summed E-state index contributed by atoms with van der Waals surface area (Å²) in [5.41, 5.74) is 7.80. The van der Waals surface area contributed by atoms with Crippen molar-refractivity contribution in [2.75, 3.05) is 5.32 Å². The molecule has 0 saturated heterocycles. The Labute approximate surface area is 147 Å². The zero-order chi connectivity index (χ0) is 18.0. The minimum Gasteiger partial charge on any atom is -0.379 e. The molecule has 1 heterocycles. The fourth-order valence-corrected chi connectivity index (χ4v) is 3.13. The van der Waals surface area contributed by atoms with Crippen molar-refractivity contribution in [2.45, 2.75) is 13.5 Å². The second kappa shape index (κ2) is 6.98. The fraction of sp³-hybridized carbons (Fsp3) is 0.111. The molecule has 1 aromatic heterocycles. The van der Waals surface area contributed by atoms with Gasteiger partial charge in [-0.25, -0.2) is 13.8 Å². The van der Waals surface area contributed by atoms with Gasteiger partial charge in [0, 0.05) is 27.8 Å². The van der Waals surface area contributed by atoms with Crippen molar-refractivity contribution in [3.63, 3.8) is 0 Å². The maximum Gasteiger partial charge on any atom is 0.248 e. The summed E-state index contributed by atoms with van der Waals surface area (Å²) in [6, 6.07) is 8.75. The Kier molecular flexibility index (Phi) is 4.76. The van der Waals surface area contributed by atoms with Crippen LogP contribution in [0.4, 0.5) is 14.5 Å². The number of rotatable bonds is 5. The third kappa shape index (κ3) is 3.83. The molecule has 0 aliphatic carbocycles. The smallest absolute Gasteiger partial charge is 0.248 e. The molecule has 0 unspecified atom stereocenters. The highest BCUT2D eigenvalue weighted by Crippen LogP contribution is 2.25. The van der Waals surface area contributed by atoms with Gasteiger partial charge in [0.05, 0.1) is 12.2 Å². The highest BCUT2D eigenvalue weighted by molar-refractivity contribution is 7.13. The summed E-state index contributed by atoms with van der Waals surface area (Å²) in [6.45, 7) is 1.98. The van der Waals surface area contributed by atoms with Gasteiger partial charge in [-0.05, 0) is 43.3 Å². The van der Waals surface area contributed by atoms with Gasteiger partial charge in [-0.3, -0.25) is 4.79 Å². The summed E-state index contributed by atoms with van der Waals surface area (Å²) in [7, 11) is 0.